The Kier molecular flexibility index (Phi) is 4.45. The molecule has 0 aromatic carbocycles. The molecule has 1 N–H and O–H groups in total. The Morgan fingerprint density at radius 2 is 2.05 bits per heavy atom. The van der Waals surface area contributed by atoms with Crippen molar-refractivity contribution in [3.05, 3.63) is 0 Å². The van der Waals surface area contributed by atoms with E-state index in [-0.39, 0.29) is 0 Å². The standard InChI is InChI=1S/C16H30N2O/c1-3-12-7-8-13(17-2)15(11-12)18-9-10-19-16-6-4-5-14(16)18/h12-17H,3-11H2,1-2H3. The second-order valence-corrected chi connectivity index (χ2v) is 6.70. The summed E-state index contributed by atoms with van der Waals surface area (Å²) < 4.78 is 5.98. The highest BCUT2D eigenvalue weighted by molar-refractivity contribution is 4.98. The van der Waals surface area contributed by atoms with Crippen molar-refractivity contribution in [2.75, 3.05) is 20.2 Å². The van der Waals surface area contributed by atoms with Crippen LogP contribution in [-0.4, -0.2) is 49.3 Å². The van der Waals surface area contributed by atoms with Gasteiger partial charge in [-0.3, -0.25) is 4.90 Å². The summed E-state index contributed by atoms with van der Waals surface area (Å²) in [7, 11) is 2.15. The lowest BCUT2D eigenvalue weighted by atomic mass is 9.79. The first-order valence-corrected chi connectivity index (χ1v) is 8.38. The number of hydrogen-bond acceptors (Lipinski definition) is 3. The largest absolute Gasteiger partial charge is 0.375 e. The second-order valence-electron chi connectivity index (χ2n) is 6.70. The van der Waals surface area contributed by atoms with Crippen molar-refractivity contribution in [3.63, 3.8) is 0 Å². The Morgan fingerprint density at radius 1 is 1.16 bits per heavy atom. The van der Waals surface area contributed by atoms with E-state index in [0.29, 0.717) is 18.2 Å². The minimum atomic E-state index is 0.535. The molecule has 2 aliphatic carbocycles. The molecule has 3 rings (SSSR count). The van der Waals surface area contributed by atoms with Crippen LogP contribution < -0.4 is 5.32 Å². The summed E-state index contributed by atoms with van der Waals surface area (Å²) in [5.41, 5.74) is 0. The van der Waals surface area contributed by atoms with Crippen molar-refractivity contribution in [2.45, 2.75) is 76.1 Å². The number of nitrogens with zero attached hydrogens (tertiary/aromatic N) is 1. The van der Waals surface area contributed by atoms with Crippen molar-refractivity contribution in [1.29, 1.82) is 0 Å². The maximum Gasteiger partial charge on any atom is 0.0731 e. The molecule has 0 aromatic rings. The van der Waals surface area contributed by atoms with E-state index in [2.05, 4.69) is 24.2 Å². The zero-order valence-electron chi connectivity index (χ0n) is 12.6. The van der Waals surface area contributed by atoms with E-state index in [1.54, 1.807) is 0 Å². The molecule has 3 nitrogen and oxygen atoms in total. The Hall–Kier alpha value is -0.120. The van der Waals surface area contributed by atoms with E-state index < -0.39 is 0 Å². The molecule has 0 bridgehead atoms. The molecule has 3 aliphatic rings. The summed E-state index contributed by atoms with van der Waals surface area (Å²) in [5.74, 6) is 0.942. The van der Waals surface area contributed by atoms with Gasteiger partial charge in [-0.2, -0.15) is 0 Å². The first-order valence-electron chi connectivity index (χ1n) is 8.38. The molecular formula is C16H30N2O. The lowest BCUT2D eigenvalue weighted by molar-refractivity contribution is -0.0846. The number of fused-ring (bicyclic) bond motifs is 1. The van der Waals surface area contributed by atoms with Crippen LogP contribution in [-0.2, 0) is 4.74 Å². The number of morpholine rings is 1. The predicted octanol–water partition coefficient (Wildman–Crippen LogP) is 2.41. The van der Waals surface area contributed by atoms with Gasteiger partial charge in [0.05, 0.1) is 12.7 Å². The normalized spacial score (nSPS) is 44.2. The van der Waals surface area contributed by atoms with Gasteiger partial charge >= 0.3 is 0 Å². The van der Waals surface area contributed by atoms with Crippen LogP contribution in [0.1, 0.15) is 51.9 Å². The van der Waals surface area contributed by atoms with E-state index in [1.807, 2.05) is 0 Å². The lowest BCUT2D eigenvalue weighted by Gasteiger charge is -2.48. The Morgan fingerprint density at radius 3 is 2.84 bits per heavy atom. The van der Waals surface area contributed by atoms with Gasteiger partial charge in [0.25, 0.3) is 0 Å². The summed E-state index contributed by atoms with van der Waals surface area (Å²) in [5, 5.41) is 3.59. The van der Waals surface area contributed by atoms with Crippen LogP contribution in [0.2, 0.25) is 0 Å². The lowest BCUT2D eigenvalue weighted by Crippen LogP contribution is -2.60. The average Bonchev–Trinajstić information content (AvgIpc) is 2.94. The van der Waals surface area contributed by atoms with Crippen LogP contribution in [0.15, 0.2) is 0 Å². The Labute approximate surface area is 118 Å². The number of nitrogens with one attached hydrogen (secondary N) is 1. The molecule has 1 aliphatic heterocycles. The highest BCUT2D eigenvalue weighted by Gasteiger charge is 2.42. The molecule has 0 aromatic heterocycles. The van der Waals surface area contributed by atoms with E-state index in [4.69, 9.17) is 4.74 Å². The number of ether oxygens (including phenoxy) is 1. The van der Waals surface area contributed by atoms with E-state index in [0.717, 1.165) is 25.1 Å². The summed E-state index contributed by atoms with van der Waals surface area (Å²) >= 11 is 0. The van der Waals surface area contributed by atoms with Gasteiger partial charge < -0.3 is 10.1 Å². The maximum absolute atomic E-state index is 5.98. The monoisotopic (exact) mass is 266 g/mol. The van der Waals surface area contributed by atoms with Gasteiger partial charge in [0.15, 0.2) is 0 Å². The fourth-order valence-electron chi connectivity index (χ4n) is 4.67. The number of hydrogen-bond donors (Lipinski definition) is 1. The van der Waals surface area contributed by atoms with Gasteiger partial charge in [-0.05, 0) is 51.5 Å². The molecule has 0 radical (unpaired) electrons. The van der Waals surface area contributed by atoms with E-state index in [1.165, 1.54) is 44.9 Å². The summed E-state index contributed by atoms with van der Waals surface area (Å²) in [4.78, 5) is 2.82. The molecular weight excluding hydrogens is 236 g/mol. The first-order chi connectivity index (χ1) is 9.33. The smallest absolute Gasteiger partial charge is 0.0731 e. The molecule has 2 saturated carbocycles. The van der Waals surface area contributed by atoms with Gasteiger partial charge in [-0.15, -0.1) is 0 Å². The quantitative estimate of drug-likeness (QED) is 0.849. The van der Waals surface area contributed by atoms with Crippen molar-refractivity contribution in [2.24, 2.45) is 5.92 Å². The topological polar surface area (TPSA) is 24.5 Å². The van der Waals surface area contributed by atoms with Gasteiger partial charge in [-0.25, -0.2) is 0 Å². The predicted molar refractivity (Wildman–Crippen MR) is 78.4 cm³/mol. The minimum Gasteiger partial charge on any atom is -0.375 e. The molecule has 19 heavy (non-hydrogen) atoms. The summed E-state index contributed by atoms with van der Waals surface area (Å²) in [6, 6.07) is 2.16. The van der Waals surface area contributed by atoms with Crippen molar-refractivity contribution >= 4 is 0 Å². The highest BCUT2D eigenvalue weighted by Crippen LogP contribution is 2.36. The van der Waals surface area contributed by atoms with Crippen molar-refractivity contribution in [3.8, 4) is 0 Å². The van der Waals surface area contributed by atoms with Crippen LogP contribution in [0.25, 0.3) is 0 Å². The van der Waals surface area contributed by atoms with Crippen LogP contribution in [0, 0.1) is 5.92 Å². The van der Waals surface area contributed by atoms with Crippen molar-refractivity contribution < 1.29 is 4.74 Å². The Bertz CT molecular complexity index is 296. The minimum absolute atomic E-state index is 0.535. The van der Waals surface area contributed by atoms with Crippen molar-refractivity contribution in [1.82, 2.24) is 10.2 Å². The zero-order chi connectivity index (χ0) is 13.2. The fourth-order valence-corrected chi connectivity index (χ4v) is 4.67. The third-order valence-corrected chi connectivity index (χ3v) is 5.82. The van der Waals surface area contributed by atoms with Crippen LogP contribution >= 0.6 is 0 Å². The number of likely N-dealkylation sites (N-methyl/N-ethyl adjacent to an activating group) is 1. The Balaban J connectivity index is 1.73. The molecule has 1 heterocycles. The molecule has 0 spiro atoms. The molecule has 110 valence electrons. The van der Waals surface area contributed by atoms with Gasteiger partial charge in [-0.1, -0.05) is 13.3 Å². The molecule has 1 saturated heterocycles. The maximum atomic E-state index is 5.98. The molecule has 0 amide bonds. The molecule has 5 unspecified atom stereocenters. The third kappa shape index (κ3) is 2.70. The second kappa shape index (κ2) is 6.11. The van der Waals surface area contributed by atoms with Gasteiger partial charge in [0.1, 0.15) is 0 Å². The molecule has 3 heteroatoms. The highest BCUT2D eigenvalue weighted by atomic mass is 16.5. The van der Waals surface area contributed by atoms with E-state index >= 15 is 0 Å². The zero-order valence-corrected chi connectivity index (χ0v) is 12.6. The third-order valence-electron chi connectivity index (χ3n) is 5.82. The molecule has 3 fully saturated rings. The fraction of sp³-hybridized carbons (Fsp3) is 1.00. The average molecular weight is 266 g/mol. The van der Waals surface area contributed by atoms with Gasteiger partial charge in [0.2, 0.25) is 0 Å². The van der Waals surface area contributed by atoms with Gasteiger partial charge in [0, 0.05) is 24.7 Å². The molecule has 5 atom stereocenters. The first kappa shape index (κ1) is 13.8. The van der Waals surface area contributed by atoms with E-state index in [9.17, 15) is 0 Å². The summed E-state index contributed by atoms with van der Waals surface area (Å²) in [6.45, 7) is 4.46. The SMILES string of the molecule is CCC1CCC(NC)C(N2CCOC3CCCC32)C1. The van der Waals surface area contributed by atoms with Crippen LogP contribution in [0.3, 0.4) is 0 Å². The van der Waals surface area contributed by atoms with Crippen LogP contribution in [0.5, 0.6) is 0 Å². The van der Waals surface area contributed by atoms with Crippen LogP contribution in [0.4, 0.5) is 0 Å². The summed E-state index contributed by atoms with van der Waals surface area (Å²) in [6.07, 6.45) is 10.1. The number of rotatable bonds is 3.